The van der Waals surface area contributed by atoms with E-state index >= 15 is 0 Å². The Morgan fingerprint density at radius 2 is 1.88 bits per heavy atom. The van der Waals surface area contributed by atoms with Gasteiger partial charge in [0.1, 0.15) is 11.4 Å². The van der Waals surface area contributed by atoms with Crippen LogP contribution in [0.1, 0.15) is 19.3 Å². The first-order valence-electron chi connectivity index (χ1n) is 7.89. The highest BCUT2D eigenvalue weighted by Gasteiger charge is 2.40. The molecule has 0 unspecified atom stereocenters. The molecular weight excluding hydrogens is 372 g/mol. The van der Waals surface area contributed by atoms with Crippen LogP contribution in [0, 0.1) is 0 Å². The molecule has 0 spiro atoms. The molecule has 9 heteroatoms. The number of sulfone groups is 1. The highest BCUT2D eigenvalue weighted by Crippen LogP contribution is 2.28. The molecule has 0 bridgehead atoms. The van der Waals surface area contributed by atoms with Gasteiger partial charge in [-0.05, 0) is 30.7 Å². The molecule has 1 aliphatic rings. The standard InChI is InChI=1S/C16H21ClO7S/c17-13-2-4-14(5-3-13)23-8-1-11-25(20,21)12-16(24-15(18)19)6-9-22-10-7-16/h2-5H,1,6-12H2,(H,18,19). The van der Waals surface area contributed by atoms with Gasteiger partial charge >= 0.3 is 6.16 Å². The molecule has 7 nitrogen and oxygen atoms in total. The molecule has 25 heavy (non-hydrogen) atoms. The Labute approximate surface area is 151 Å². The molecular formula is C16H21ClO7S. The summed E-state index contributed by atoms with van der Waals surface area (Å²) in [5.74, 6) is 0.167. The van der Waals surface area contributed by atoms with Crippen LogP contribution >= 0.6 is 11.6 Å². The van der Waals surface area contributed by atoms with E-state index in [1.165, 1.54) is 0 Å². The van der Waals surface area contributed by atoms with Gasteiger partial charge < -0.3 is 19.3 Å². The first-order valence-corrected chi connectivity index (χ1v) is 10.1. The average molecular weight is 393 g/mol. The molecule has 0 amide bonds. The number of carboxylic acid groups (broad SMARTS) is 1. The maximum absolute atomic E-state index is 12.4. The van der Waals surface area contributed by atoms with E-state index in [0.717, 1.165) is 0 Å². The lowest BCUT2D eigenvalue weighted by atomic mass is 9.96. The van der Waals surface area contributed by atoms with Gasteiger partial charge in [0.15, 0.2) is 9.84 Å². The molecule has 1 fully saturated rings. The number of ether oxygens (including phenoxy) is 3. The Balaban J connectivity index is 1.84. The SMILES string of the molecule is O=C(O)OC1(CS(=O)(=O)CCCOc2ccc(Cl)cc2)CCOCC1. The molecule has 2 rings (SSSR count). The largest absolute Gasteiger partial charge is 0.506 e. The van der Waals surface area contributed by atoms with Crippen LogP contribution in [-0.4, -0.2) is 56.6 Å². The van der Waals surface area contributed by atoms with E-state index in [1.807, 2.05) is 0 Å². The third-order valence-electron chi connectivity index (χ3n) is 3.87. The number of rotatable bonds is 8. The van der Waals surface area contributed by atoms with E-state index < -0.39 is 21.6 Å². The van der Waals surface area contributed by atoms with Crippen LogP contribution in [0.2, 0.25) is 5.02 Å². The lowest BCUT2D eigenvalue weighted by Crippen LogP contribution is -2.46. The molecule has 140 valence electrons. The lowest BCUT2D eigenvalue weighted by molar-refractivity contribution is -0.0721. The van der Waals surface area contributed by atoms with E-state index in [-0.39, 0.29) is 44.2 Å². The molecule has 0 saturated carbocycles. The quantitative estimate of drug-likeness (QED) is 0.536. The molecule has 1 aromatic carbocycles. The van der Waals surface area contributed by atoms with Crippen molar-refractivity contribution in [1.29, 1.82) is 0 Å². The molecule has 0 radical (unpaired) electrons. The normalized spacial score (nSPS) is 17.0. The summed E-state index contributed by atoms with van der Waals surface area (Å²) in [6.07, 6.45) is -0.701. The summed E-state index contributed by atoms with van der Waals surface area (Å²) >= 11 is 5.78. The maximum atomic E-state index is 12.4. The number of halogens is 1. The van der Waals surface area contributed by atoms with Crippen molar-refractivity contribution in [3.05, 3.63) is 29.3 Å². The van der Waals surface area contributed by atoms with Crippen LogP contribution < -0.4 is 4.74 Å². The number of carbonyl (C=O) groups is 1. The second kappa shape index (κ2) is 8.73. The van der Waals surface area contributed by atoms with Gasteiger partial charge in [0.05, 0.1) is 31.3 Å². The third kappa shape index (κ3) is 6.72. The average Bonchev–Trinajstić information content (AvgIpc) is 2.52. The van der Waals surface area contributed by atoms with Crippen molar-refractivity contribution in [2.24, 2.45) is 0 Å². The monoisotopic (exact) mass is 392 g/mol. The van der Waals surface area contributed by atoms with Crippen LogP contribution in [0.15, 0.2) is 24.3 Å². The van der Waals surface area contributed by atoms with Crippen molar-refractivity contribution in [2.75, 3.05) is 31.3 Å². The van der Waals surface area contributed by atoms with E-state index in [4.69, 9.17) is 30.9 Å². The van der Waals surface area contributed by atoms with Crippen LogP contribution in [0.5, 0.6) is 5.75 Å². The van der Waals surface area contributed by atoms with Crippen LogP contribution in [0.25, 0.3) is 0 Å². The molecule has 0 atom stereocenters. The molecule has 1 N–H and O–H groups in total. The summed E-state index contributed by atoms with van der Waals surface area (Å²) in [7, 11) is -3.49. The van der Waals surface area contributed by atoms with Crippen LogP contribution in [0.4, 0.5) is 4.79 Å². The Kier molecular flexibility index (Phi) is 6.92. The maximum Gasteiger partial charge on any atom is 0.506 e. The zero-order valence-electron chi connectivity index (χ0n) is 13.6. The van der Waals surface area contributed by atoms with Gasteiger partial charge in [-0.25, -0.2) is 13.2 Å². The van der Waals surface area contributed by atoms with E-state index in [0.29, 0.717) is 17.2 Å². The fraction of sp³-hybridized carbons (Fsp3) is 0.562. The zero-order chi connectivity index (χ0) is 18.3. The minimum Gasteiger partial charge on any atom is -0.494 e. The first-order chi connectivity index (χ1) is 11.8. The van der Waals surface area contributed by atoms with Gasteiger partial charge in [-0.15, -0.1) is 0 Å². The minimum absolute atomic E-state index is 0.105. The topological polar surface area (TPSA) is 99.1 Å². The van der Waals surface area contributed by atoms with E-state index in [2.05, 4.69) is 0 Å². The number of hydrogen-bond donors (Lipinski definition) is 1. The minimum atomic E-state index is -3.49. The Morgan fingerprint density at radius 3 is 2.48 bits per heavy atom. The molecule has 1 aromatic rings. The highest BCUT2D eigenvalue weighted by molar-refractivity contribution is 7.91. The first kappa shape index (κ1) is 19.8. The van der Waals surface area contributed by atoms with E-state index in [1.54, 1.807) is 24.3 Å². The number of benzene rings is 1. The molecule has 0 aromatic heterocycles. The summed E-state index contributed by atoms with van der Waals surface area (Å²) in [4.78, 5) is 10.9. The summed E-state index contributed by atoms with van der Waals surface area (Å²) in [6.45, 7) is 0.793. The summed E-state index contributed by atoms with van der Waals surface area (Å²) < 4.78 is 40.3. The van der Waals surface area contributed by atoms with Crippen molar-refractivity contribution in [3.8, 4) is 5.75 Å². The van der Waals surface area contributed by atoms with Gasteiger partial charge in [0.25, 0.3) is 0 Å². The fourth-order valence-electron chi connectivity index (χ4n) is 2.68. The summed E-state index contributed by atoms with van der Waals surface area (Å²) in [5, 5.41) is 9.49. The van der Waals surface area contributed by atoms with E-state index in [9.17, 15) is 13.2 Å². The zero-order valence-corrected chi connectivity index (χ0v) is 15.2. The molecule has 1 aliphatic heterocycles. The lowest BCUT2D eigenvalue weighted by Gasteiger charge is -2.35. The smallest absolute Gasteiger partial charge is 0.494 e. The Morgan fingerprint density at radius 1 is 1.24 bits per heavy atom. The van der Waals surface area contributed by atoms with Crippen molar-refractivity contribution in [2.45, 2.75) is 24.9 Å². The van der Waals surface area contributed by atoms with Crippen molar-refractivity contribution in [1.82, 2.24) is 0 Å². The summed E-state index contributed by atoms with van der Waals surface area (Å²) in [5.41, 5.74) is -1.22. The molecule has 0 aliphatic carbocycles. The third-order valence-corrected chi connectivity index (χ3v) is 6.00. The fourth-order valence-corrected chi connectivity index (χ4v) is 4.65. The van der Waals surface area contributed by atoms with Gasteiger partial charge in [0, 0.05) is 17.9 Å². The highest BCUT2D eigenvalue weighted by atomic mass is 35.5. The number of hydrogen-bond acceptors (Lipinski definition) is 6. The second-order valence-electron chi connectivity index (χ2n) is 5.91. The Hall–Kier alpha value is -1.51. The van der Waals surface area contributed by atoms with Crippen molar-refractivity contribution >= 4 is 27.6 Å². The van der Waals surface area contributed by atoms with Crippen LogP contribution in [-0.2, 0) is 19.3 Å². The van der Waals surface area contributed by atoms with Gasteiger partial charge in [-0.2, -0.15) is 0 Å². The van der Waals surface area contributed by atoms with Gasteiger partial charge in [0.2, 0.25) is 0 Å². The Bertz CT molecular complexity index is 666. The predicted octanol–water partition coefficient (Wildman–Crippen LogP) is 2.77. The van der Waals surface area contributed by atoms with Crippen LogP contribution in [0.3, 0.4) is 0 Å². The molecule has 1 heterocycles. The molecule has 1 saturated heterocycles. The van der Waals surface area contributed by atoms with Gasteiger partial charge in [-0.3, -0.25) is 0 Å². The summed E-state index contributed by atoms with van der Waals surface area (Å²) in [6, 6.07) is 6.78. The van der Waals surface area contributed by atoms with Gasteiger partial charge in [-0.1, -0.05) is 11.6 Å². The predicted molar refractivity (Wildman–Crippen MR) is 92.1 cm³/mol. The van der Waals surface area contributed by atoms with Crippen molar-refractivity contribution in [3.63, 3.8) is 0 Å². The second-order valence-corrected chi connectivity index (χ2v) is 8.53. The van der Waals surface area contributed by atoms with Crippen molar-refractivity contribution < 1.29 is 32.5 Å².